The van der Waals surface area contributed by atoms with Gasteiger partial charge in [-0.1, -0.05) is 24.3 Å². The van der Waals surface area contributed by atoms with Gasteiger partial charge >= 0.3 is 30.0 Å². The number of ether oxygens (including phenoxy) is 3. The van der Waals surface area contributed by atoms with Gasteiger partial charge in [0.05, 0.1) is 26.0 Å². The number of esters is 2. The number of hydrogen-bond donors (Lipinski definition) is 3. The van der Waals surface area contributed by atoms with Crippen LogP contribution < -0.4 is 15.4 Å². The topological polar surface area (TPSA) is 123 Å². The SMILES string of the molecule is CCOC(=O)C(NC(=O)c1ccccc1)(Nc1cc(C(O)(C(=O)OCC)C(F)(F)F)ccc1OC)C(F)(F)F. The number of halogens is 6. The molecule has 39 heavy (non-hydrogen) atoms. The zero-order valence-corrected chi connectivity index (χ0v) is 20.7. The van der Waals surface area contributed by atoms with Crippen LogP contribution in [0.25, 0.3) is 0 Å². The summed E-state index contributed by atoms with van der Waals surface area (Å²) < 4.78 is 99.2. The lowest BCUT2D eigenvalue weighted by atomic mass is 9.92. The lowest BCUT2D eigenvalue weighted by Gasteiger charge is -2.36. The molecule has 15 heteroatoms. The van der Waals surface area contributed by atoms with Crippen LogP contribution in [0.2, 0.25) is 0 Å². The summed E-state index contributed by atoms with van der Waals surface area (Å²) in [7, 11) is 0.948. The average Bonchev–Trinajstić information content (AvgIpc) is 2.87. The Morgan fingerprint density at radius 3 is 1.90 bits per heavy atom. The van der Waals surface area contributed by atoms with E-state index in [9.17, 15) is 45.8 Å². The first-order valence-electron chi connectivity index (χ1n) is 11.1. The van der Waals surface area contributed by atoms with Gasteiger partial charge < -0.3 is 30.0 Å². The van der Waals surface area contributed by atoms with Crippen molar-refractivity contribution >= 4 is 23.5 Å². The van der Waals surface area contributed by atoms with E-state index in [1.165, 1.54) is 37.4 Å². The highest BCUT2D eigenvalue weighted by Crippen LogP contribution is 2.43. The Bertz CT molecular complexity index is 1190. The van der Waals surface area contributed by atoms with Crippen molar-refractivity contribution in [3.63, 3.8) is 0 Å². The molecule has 0 saturated heterocycles. The number of aliphatic hydroxyl groups is 1. The predicted molar refractivity (Wildman–Crippen MR) is 123 cm³/mol. The number of alkyl halides is 6. The summed E-state index contributed by atoms with van der Waals surface area (Å²) in [6.45, 7) is 1.21. The van der Waals surface area contributed by atoms with Crippen LogP contribution in [0.4, 0.5) is 32.0 Å². The van der Waals surface area contributed by atoms with Crippen molar-refractivity contribution in [1.29, 1.82) is 0 Å². The van der Waals surface area contributed by atoms with Crippen LogP contribution in [-0.4, -0.2) is 61.3 Å². The monoisotopic (exact) mass is 566 g/mol. The van der Waals surface area contributed by atoms with E-state index in [0.29, 0.717) is 18.2 Å². The van der Waals surface area contributed by atoms with Crippen molar-refractivity contribution in [2.75, 3.05) is 25.6 Å². The molecule has 0 bridgehead atoms. The third kappa shape index (κ3) is 6.19. The van der Waals surface area contributed by atoms with Gasteiger partial charge in [-0.15, -0.1) is 0 Å². The van der Waals surface area contributed by atoms with E-state index in [1.807, 2.05) is 0 Å². The Kier molecular flexibility index (Phi) is 9.44. The van der Waals surface area contributed by atoms with E-state index in [0.717, 1.165) is 19.2 Å². The molecule has 214 valence electrons. The molecule has 2 unspecified atom stereocenters. The summed E-state index contributed by atoms with van der Waals surface area (Å²) in [4.78, 5) is 37.7. The summed E-state index contributed by atoms with van der Waals surface area (Å²) in [5, 5.41) is 13.6. The third-order valence-corrected chi connectivity index (χ3v) is 5.26. The molecule has 3 N–H and O–H groups in total. The molecule has 0 saturated carbocycles. The number of carbonyl (C=O) groups excluding carboxylic acids is 3. The van der Waals surface area contributed by atoms with Gasteiger partial charge in [0.25, 0.3) is 11.5 Å². The molecule has 0 aromatic heterocycles. The van der Waals surface area contributed by atoms with Gasteiger partial charge in [0.2, 0.25) is 0 Å². The van der Waals surface area contributed by atoms with Crippen molar-refractivity contribution in [3.05, 3.63) is 59.7 Å². The van der Waals surface area contributed by atoms with Crippen molar-refractivity contribution in [2.24, 2.45) is 0 Å². The molecule has 2 aromatic carbocycles. The number of carbonyl (C=O) groups is 3. The fourth-order valence-electron chi connectivity index (χ4n) is 3.33. The van der Waals surface area contributed by atoms with Gasteiger partial charge in [0.1, 0.15) is 5.75 Å². The highest BCUT2D eigenvalue weighted by Gasteiger charge is 2.65. The Morgan fingerprint density at radius 1 is 0.846 bits per heavy atom. The van der Waals surface area contributed by atoms with Crippen LogP contribution in [0, 0.1) is 0 Å². The van der Waals surface area contributed by atoms with Gasteiger partial charge in [-0.3, -0.25) is 4.79 Å². The molecule has 0 heterocycles. The molecule has 0 aliphatic heterocycles. The molecule has 0 fully saturated rings. The van der Waals surface area contributed by atoms with Gasteiger partial charge in [-0.25, -0.2) is 9.59 Å². The van der Waals surface area contributed by atoms with Gasteiger partial charge in [0, 0.05) is 11.1 Å². The Hall–Kier alpha value is -4.01. The largest absolute Gasteiger partial charge is 0.495 e. The smallest absolute Gasteiger partial charge is 0.441 e. The molecule has 0 aliphatic carbocycles. The van der Waals surface area contributed by atoms with Crippen LogP contribution in [0.15, 0.2) is 48.5 Å². The molecule has 0 spiro atoms. The van der Waals surface area contributed by atoms with E-state index in [4.69, 9.17) is 4.74 Å². The third-order valence-electron chi connectivity index (χ3n) is 5.26. The van der Waals surface area contributed by atoms with Crippen molar-refractivity contribution in [2.45, 2.75) is 37.5 Å². The number of anilines is 1. The minimum atomic E-state index is -5.69. The average molecular weight is 566 g/mol. The van der Waals surface area contributed by atoms with E-state index in [-0.39, 0.29) is 5.56 Å². The second-order valence-electron chi connectivity index (χ2n) is 7.76. The standard InChI is InChI=1S/C24H24F6N2O7/c1-4-38-19(34)21(36,23(25,26)27)15-11-12-17(37-3)16(13-15)31-22(24(28,29)30,20(35)39-5-2)32-18(33)14-9-7-6-8-10-14/h6-13,31,36H,4-5H2,1-3H3,(H,32,33). The van der Waals surface area contributed by atoms with Crippen molar-refractivity contribution in [3.8, 4) is 5.75 Å². The van der Waals surface area contributed by atoms with Crippen LogP contribution in [-0.2, 0) is 24.7 Å². The fraction of sp³-hybridized carbons (Fsp3) is 0.375. The quantitative estimate of drug-likeness (QED) is 0.226. The first-order chi connectivity index (χ1) is 18.1. The maximum atomic E-state index is 14.6. The maximum absolute atomic E-state index is 14.6. The molecule has 0 aliphatic rings. The fourth-order valence-corrected chi connectivity index (χ4v) is 3.33. The molecule has 2 atom stereocenters. The lowest BCUT2D eigenvalue weighted by molar-refractivity contribution is -0.267. The number of benzene rings is 2. The molecular weight excluding hydrogens is 542 g/mol. The van der Waals surface area contributed by atoms with Gasteiger partial charge in [0.15, 0.2) is 0 Å². The Morgan fingerprint density at radius 2 is 1.41 bits per heavy atom. The van der Waals surface area contributed by atoms with Crippen LogP contribution in [0.3, 0.4) is 0 Å². The summed E-state index contributed by atoms with van der Waals surface area (Å²) in [6.07, 6.45) is -11.3. The van der Waals surface area contributed by atoms with Gasteiger partial charge in [-0.2, -0.15) is 26.3 Å². The second kappa shape index (κ2) is 11.8. The summed E-state index contributed by atoms with van der Waals surface area (Å²) in [6, 6.07) is 8.01. The molecule has 2 rings (SSSR count). The second-order valence-corrected chi connectivity index (χ2v) is 7.76. The minimum Gasteiger partial charge on any atom is -0.495 e. The lowest BCUT2D eigenvalue weighted by Crippen LogP contribution is -2.69. The van der Waals surface area contributed by atoms with Gasteiger partial charge in [-0.05, 0) is 38.1 Å². The molecule has 2 aromatic rings. The number of rotatable bonds is 10. The zero-order valence-electron chi connectivity index (χ0n) is 20.7. The summed E-state index contributed by atoms with van der Waals surface area (Å²) >= 11 is 0. The maximum Gasteiger partial charge on any atom is 0.441 e. The number of methoxy groups -OCH3 is 1. The van der Waals surface area contributed by atoms with Crippen molar-refractivity contribution < 1.29 is 60.0 Å². The highest BCUT2D eigenvalue weighted by molar-refractivity contribution is 5.99. The zero-order chi connectivity index (χ0) is 29.6. The minimum absolute atomic E-state index is 0.299. The molecule has 9 nitrogen and oxygen atoms in total. The van der Waals surface area contributed by atoms with Crippen LogP contribution >= 0.6 is 0 Å². The van der Waals surface area contributed by atoms with E-state index < -0.39 is 71.7 Å². The summed E-state index contributed by atoms with van der Waals surface area (Å²) in [5.41, 5.74) is -10.9. The highest BCUT2D eigenvalue weighted by atomic mass is 19.4. The first-order valence-corrected chi connectivity index (χ1v) is 11.1. The summed E-state index contributed by atoms with van der Waals surface area (Å²) in [5.74, 6) is -6.18. The molecular formula is C24H24F6N2O7. The van der Waals surface area contributed by atoms with E-state index in [1.54, 1.807) is 5.32 Å². The normalized spacial score (nSPS) is 14.8. The Balaban J connectivity index is 2.78. The number of hydrogen-bond acceptors (Lipinski definition) is 8. The van der Waals surface area contributed by atoms with E-state index >= 15 is 0 Å². The molecule has 0 radical (unpaired) electrons. The van der Waals surface area contributed by atoms with Crippen LogP contribution in [0.1, 0.15) is 29.8 Å². The van der Waals surface area contributed by atoms with Crippen molar-refractivity contribution in [1.82, 2.24) is 5.32 Å². The molecule has 1 amide bonds. The predicted octanol–water partition coefficient (Wildman–Crippen LogP) is 3.67. The van der Waals surface area contributed by atoms with E-state index in [2.05, 4.69) is 9.47 Å². The Labute approximate surface area is 218 Å². The first kappa shape index (κ1) is 31.2. The number of nitrogens with one attached hydrogen (secondary N) is 2. The number of amides is 1. The van der Waals surface area contributed by atoms with Crippen LogP contribution in [0.5, 0.6) is 5.75 Å².